The van der Waals surface area contributed by atoms with Crippen molar-refractivity contribution in [2.45, 2.75) is 51.1 Å². The average Bonchev–Trinajstić information content (AvgIpc) is 2.98. The molecule has 0 radical (unpaired) electrons. The summed E-state index contributed by atoms with van der Waals surface area (Å²) < 4.78 is 0. The summed E-state index contributed by atoms with van der Waals surface area (Å²) in [6.07, 6.45) is 6.07. The first-order valence-corrected chi connectivity index (χ1v) is 7.49. The molecule has 3 N–H and O–H groups in total. The number of anilines is 1. The molecule has 0 aliphatic heterocycles. The normalized spacial score (nSPS) is 17.6. The Morgan fingerprint density at radius 1 is 1.26 bits per heavy atom. The van der Waals surface area contributed by atoms with E-state index in [2.05, 4.69) is 36.1 Å². The SMILES string of the molecule is CC[C@@H](N)c1ccc(N(CCO)C2CCCC2)cc1. The van der Waals surface area contributed by atoms with Gasteiger partial charge in [0, 0.05) is 24.3 Å². The van der Waals surface area contributed by atoms with Crippen LogP contribution in [-0.4, -0.2) is 24.3 Å². The van der Waals surface area contributed by atoms with Crippen LogP contribution in [0.2, 0.25) is 0 Å². The van der Waals surface area contributed by atoms with Crippen molar-refractivity contribution < 1.29 is 5.11 Å². The zero-order valence-electron chi connectivity index (χ0n) is 11.9. The molecule has 1 aromatic rings. The highest BCUT2D eigenvalue weighted by atomic mass is 16.3. The third kappa shape index (κ3) is 3.48. The zero-order valence-corrected chi connectivity index (χ0v) is 11.9. The van der Waals surface area contributed by atoms with E-state index in [0.717, 1.165) is 13.0 Å². The van der Waals surface area contributed by atoms with E-state index < -0.39 is 0 Å². The maximum absolute atomic E-state index is 9.28. The number of aliphatic hydroxyl groups excluding tert-OH is 1. The van der Waals surface area contributed by atoms with Crippen LogP contribution in [0.15, 0.2) is 24.3 Å². The predicted molar refractivity (Wildman–Crippen MR) is 80.3 cm³/mol. The van der Waals surface area contributed by atoms with Crippen LogP contribution in [0, 0.1) is 0 Å². The molecule has 1 atom stereocenters. The Bertz CT molecular complexity index is 371. The Balaban J connectivity index is 2.12. The van der Waals surface area contributed by atoms with E-state index in [-0.39, 0.29) is 12.6 Å². The first kappa shape index (κ1) is 14.4. The zero-order chi connectivity index (χ0) is 13.7. The minimum atomic E-state index is 0.131. The third-order valence-electron chi connectivity index (χ3n) is 4.20. The summed E-state index contributed by atoms with van der Waals surface area (Å²) in [5.41, 5.74) is 8.46. The number of hydrogen-bond acceptors (Lipinski definition) is 3. The average molecular weight is 262 g/mol. The summed E-state index contributed by atoms with van der Waals surface area (Å²) >= 11 is 0. The van der Waals surface area contributed by atoms with E-state index in [4.69, 9.17) is 5.73 Å². The molecule has 0 amide bonds. The van der Waals surface area contributed by atoms with Gasteiger partial charge in [0.05, 0.1) is 6.61 Å². The number of nitrogens with two attached hydrogens (primary N) is 1. The standard InChI is InChI=1S/C16H26N2O/c1-2-16(17)13-7-9-15(10-8-13)18(11-12-19)14-5-3-4-6-14/h7-10,14,16,19H,2-6,11-12,17H2,1H3/t16-/m1/s1. The molecule has 0 bridgehead atoms. The second-order valence-electron chi connectivity index (χ2n) is 5.46. The molecule has 1 saturated carbocycles. The number of nitrogens with zero attached hydrogens (tertiary/aromatic N) is 1. The summed E-state index contributed by atoms with van der Waals surface area (Å²) in [6, 6.07) is 9.29. The first-order chi connectivity index (χ1) is 9.26. The fourth-order valence-electron chi connectivity index (χ4n) is 2.99. The topological polar surface area (TPSA) is 49.5 Å². The van der Waals surface area contributed by atoms with Crippen LogP contribution in [0.4, 0.5) is 5.69 Å². The summed E-state index contributed by atoms with van der Waals surface area (Å²) in [7, 11) is 0. The lowest BCUT2D eigenvalue weighted by atomic mass is 10.0. The van der Waals surface area contributed by atoms with Crippen LogP contribution in [0.3, 0.4) is 0 Å². The fourth-order valence-corrected chi connectivity index (χ4v) is 2.99. The smallest absolute Gasteiger partial charge is 0.0606 e. The first-order valence-electron chi connectivity index (χ1n) is 7.49. The molecular formula is C16H26N2O. The summed E-state index contributed by atoms with van der Waals surface area (Å²) in [5, 5.41) is 9.28. The van der Waals surface area contributed by atoms with Gasteiger partial charge in [-0.25, -0.2) is 0 Å². The maximum Gasteiger partial charge on any atom is 0.0606 e. The van der Waals surface area contributed by atoms with Gasteiger partial charge in [0.2, 0.25) is 0 Å². The van der Waals surface area contributed by atoms with E-state index in [1.807, 2.05) is 0 Å². The Hall–Kier alpha value is -1.06. The van der Waals surface area contributed by atoms with Crippen molar-refractivity contribution in [2.75, 3.05) is 18.1 Å². The molecule has 1 aromatic carbocycles. The largest absolute Gasteiger partial charge is 0.395 e. The van der Waals surface area contributed by atoms with Gasteiger partial charge in [0.25, 0.3) is 0 Å². The van der Waals surface area contributed by atoms with Crippen molar-refractivity contribution >= 4 is 5.69 Å². The maximum atomic E-state index is 9.28. The summed E-state index contributed by atoms with van der Waals surface area (Å²) in [6.45, 7) is 3.05. The van der Waals surface area contributed by atoms with Crippen molar-refractivity contribution in [3.8, 4) is 0 Å². The Morgan fingerprint density at radius 3 is 2.42 bits per heavy atom. The van der Waals surface area contributed by atoms with Gasteiger partial charge in [-0.2, -0.15) is 0 Å². The number of aliphatic hydroxyl groups is 1. The van der Waals surface area contributed by atoms with Crippen molar-refractivity contribution in [1.29, 1.82) is 0 Å². The number of hydrogen-bond donors (Lipinski definition) is 2. The minimum absolute atomic E-state index is 0.131. The monoisotopic (exact) mass is 262 g/mol. The Labute approximate surface area is 116 Å². The molecule has 3 heteroatoms. The van der Waals surface area contributed by atoms with Gasteiger partial charge in [-0.1, -0.05) is 31.9 Å². The van der Waals surface area contributed by atoms with Gasteiger partial charge in [-0.05, 0) is 37.0 Å². The Morgan fingerprint density at radius 2 is 1.89 bits per heavy atom. The van der Waals surface area contributed by atoms with Crippen LogP contribution in [0.5, 0.6) is 0 Å². The van der Waals surface area contributed by atoms with Crippen LogP contribution < -0.4 is 10.6 Å². The van der Waals surface area contributed by atoms with E-state index in [0.29, 0.717) is 6.04 Å². The molecule has 1 fully saturated rings. The summed E-state index contributed by atoms with van der Waals surface area (Å²) in [5.74, 6) is 0. The molecule has 19 heavy (non-hydrogen) atoms. The lowest BCUT2D eigenvalue weighted by Crippen LogP contribution is -2.35. The molecule has 0 aromatic heterocycles. The van der Waals surface area contributed by atoms with Crippen LogP contribution in [0.1, 0.15) is 50.6 Å². The Kier molecular flexibility index (Phi) is 5.23. The molecule has 106 valence electrons. The second kappa shape index (κ2) is 6.92. The van der Waals surface area contributed by atoms with Crippen molar-refractivity contribution in [2.24, 2.45) is 5.73 Å². The van der Waals surface area contributed by atoms with Crippen LogP contribution in [-0.2, 0) is 0 Å². The number of rotatable bonds is 6. The van der Waals surface area contributed by atoms with E-state index in [1.165, 1.54) is 36.9 Å². The van der Waals surface area contributed by atoms with Gasteiger partial charge >= 0.3 is 0 Å². The molecule has 0 heterocycles. The third-order valence-corrected chi connectivity index (χ3v) is 4.20. The molecular weight excluding hydrogens is 236 g/mol. The van der Waals surface area contributed by atoms with Gasteiger partial charge in [0.1, 0.15) is 0 Å². The fraction of sp³-hybridized carbons (Fsp3) is 0.625. The van der Waals surface area contributed by atoms with Crippen molar-refractivity contribution in [1.82, 2.24) is 0 Å². The summed E-state index contributed by atoms with van der Waals surface area (Å²) in [4.78, 5) is 2.36. The molecule has 0 saturated heterocycles. The minimum Gasteiger partial charge on any atom is -0.395 e. The second-order valence-corrected chi connectivity index (χ2v) is 5.46. The highest BCUT2D eigenvalue weighted by Gasteiger charge is 2.22. The van der Waals surface area contributed by atoms with Crippen LogP contribution in [0.25, 0.3) is 0 Å². The predicted octanol–water partition coefficient (Wildman–Crippen LogP) is 2.84. The van der Waals surface area contributed by atoms with Gasteiger partial charge in [-0.3, -0.25) is 0 Å². The molecule has 3 nitrogen and oxygen atoms in total. The molecule has 1 aliphatic rings. The van der Waals surface area contributed by atoms with E-state index in [9.17, 15) is 5.11 Å². The lowest BCUT2D eigenvalue weighted by Gasteiger charge is -2.31. The molecule has 0 unspecified atom stereocenters. The number of benzene rings is 1. The quantitative estimate of drug-likeness (QED) is 0.829. The van der Waals surface area contributed by atoms with Crippen LogP contribution >= 0.6 is 0 Å². The van der Waals surface area contributed by atoms with Crippen molar-refractivity contribution in [3.05, 3.63) is 29.8 Å². The molecule has 0 spiro atoms. The van der Waals surface area contributed by atoms with Gasteiger partial charge in [-0.15, -0.1) is 0 Å². The lowest BCUT2D eigenvalue weighted by molar-refractivity contribution is 0.297. The molecule has 1 aliphatic carbocycles. The van der Waals surface area contributed by atoms with E-state index >= 15 is 0 Å². The highest BCUT2D eigenvalue weighted by Crippen LogP contribution is 2.28. The van der Waals surface area contributed by atoms with Crippen molar-refractivity contribution in [3.63, 3.8) is 0 Å². The van der Waals surface area contributed by atoms with E-state index in [1.54, 1.807) is 0 Å². The molecule has 2 rings (SSSR count). The highest BCUT2D eigenvalue weighted by molar-refractivity contribution is 5.49. The van der Waals surface area contributed by atoms with Gasteiger partial charge < -0.3 is 15.7 Å². The van der Waals surface area contributed by atoms with Gasteiger partial charge in [0.15, 0.2) is 0 Å².